The molecule has 84 valence electrons. The van der Waals surface area contributed by atoms with E-state index < -0.39 is 0 Å². The average molecular weight is 215 g/mol. The fraction of sp³-hybridized carbons (Fsp3) is 0.462. The van der Waals surface area contributed by atoms with Crippen LogP contribution in [0, 0.1) is 6.92 Å². The van der Waals surface area contributed by atoms with Gasteiger partial charge in [-0.2, -0.15) is 0 Å². The summed E-state index contributed by atoms with van der Waals surface area (Å²) in [4.78, 5) is 4.78. The van der Waals surface area contributed by atoms with Gasteiger partial charge in [-0.25, -0.2) is 4.98 Å². The first-order chi connectivity index (χ1) is 7.81. The minimum atomic E-state index is 0.671. The molecular weight excluding hydrogens is 198 g/mol. The minimum Gasteiger partial charge on any atom is -0.330 e. The van der Waals surface area contributed by atoms with Gasteiger partial charge >= 0.3 is 0 Å². The maximum atomic E-state index is 5.64. The lowest BCUT2D eigenvalue weighted by atomic mass is 10.2. The number of nitrogens with two attached hydrogens (primary N) is 1. The highest BCUT2D eigenvalue weighted by Gasteiger charge is 2.29. The van der Waals surface area contributed by atoms with Gasteiger partial charge in [0.25, 0.3) is 0 Å². The van der Waals surface area contributed by atoms with E-state index in [1.54, 1.807) is 0 Å². The molecule has 0 atom stereocenters. The molecule has 1 aliphatic carbocycles. The summed E-state index contributed by atoms with van der Waals surface area (Å²) in [5.74, 6) is 1.93. The zero-order valence-corrected chi connectivity index (χ0v) is 9.61. The van der Waals surface area contributed by atoms with Crippen LogP contribution >= 0.6 is 0 Å². The van der Waals surface area contributed by atoms with Gasteiger partial charge in [0, 0.05) is 18.0 Å². The first kappa shape index (κ1) is 9.85. The lowest BCUT2D eigenvalue weighted by molar-refractivity contribution is 0.879. The van der Waals surface area contributed by atoms with Crippen LogP contribution in [0.15, 0.2) is 18.2 Å². The molecule has 0 saturated heterocycles. The third-order valence-electron chi connectivity index (χ3n) is 3.28. The van der Waals surface area contributed by atoms with Crippen LogP contribution in [0.5, 0.6) is 0 Å². The summed E-state index contributed by atoms with van der Waals surface area (Å²) in [6.45, 7) is 2.82. The molecule has 0 radical (unpaired) electrons. The van der Waals surface area contributed by atoms with E-state index >= 15 is 0 Å². The summed E-state index contributed by atoms with van der Waals surface area (Å²) in [5, 5.41) is 0. The van der Waals surface area contributed by atoms with Crippen molar-refractivity contribution in [3.05, 3.63) is 35.4 Å². The third kappa shape index (κ3) is 1.43. The Labute approximate surface area is 95.3 Å². The molecule has 0 unspecified atom stereocenters. The SMILES string of the molecule is Cc1cccc2c(CCN)nc(C3CC3)n12. The van der Waals surface area contributed by atoms with E-state index in [9.17, 15) is 0 Å². The molecule has 0 aliphatic heterocycles. The fourth-order valence-electron chi connectivity index (χ4n) is 2.33. The van der Waals surface area contributed by atoms with Gasteiger partial charge in [-0.1, -0.05) is 6.07 Å². The van der Waals surface area contributed by atoms with E-state index in [0.717, 1.165) is 12.1 Å². The Bertz CT molecular complexity index is 523. The quantitative estimate of drug-likeness (QED) is 0.851. The topological polar surface area (TPSA) is 43.3 Å². The minimum absolute atomic E-state index is 0.671. The van der Waals surface area contributed by atoms with Crippen LogP contribution in [-0.2, 0) is 6.42 Å². The van der Waals surface area contributed by atoms with E-state index in [1.165, 1.54) is 29.9 Å². The number of imidazole rings is 1. The van der Waals surface area contributed by atoms with Crippen LogP contribution in [0.25, 0.3) is 5.52 Å². The fourth-order valence-corrected chi connectivity index (χ4v) is 2.33. The Kier molecular flexibility index (Phi) is 2.21. The summed E-state index contributed by atoms with van der Waals surface area (Å²) >= 11 is 0. The molecule has 3 nitrogen and oxygen atoms in total. The first-order valence-electron chi connectivity index (χ1n) is 5.98. The first-order valence-corrected chi connectivity index (χ1v) is 5.98. The monoisotopic (exact) mass is 215 g/mol. The molecule has 16 heavy (non-hydrogen) atoms. The van der Waals surface area contributed by atoms with E-state index in [0.29, 0.717) is 12.5 Å². The molecule has 3 rings (SSSR count). The molecule has 3 heteroatoms. The standard InChI is InChI=1S/C13H17N3/c1-9-3-2-4-12-11(7-8-14)15-13(16(9)12)10-5-6-10/h2-4,10H,5-8,14H2,1H3. The molecule has 2 N–H and O–H groups in total. The molecule has 2 aromatic heterocycles. The Morgan fingerprint density at radius 1 is 1.44 bits per heavy atom. The number of pyridine rings is 1. The van der Waals surface area contributed by atoms with Gasteiger partial charge < -0.3 is 10.1 Å². The Morgan fingerprint density at radius 2 is 2.25 bits per heavy atom. The highest BCUT2D eigenvalue weighted by Crippen LogP contribution is 2.40. The maximum absolute atomic E-state index is 5.64. The van der Waals surface area contributed by atoms with E-state index in [1.807, 2.05) is 0 Å². The molecule has 0 bridgehead atoms. The number of aromatic nitrogens is 2. The van der Waals surface area contributed by atoms with Crippen molar-refractivity contribution in [1.29, 1.82) is 0 Å². The van der Waals surface area contributed by atoms with Crippen molar-refractivity contribution < 1.29 is 0 Å². The summed E-state index contributed by atoms with van der Waals surface area (Å²) in [6, 6.07) is 6.40. The Balaban J connectivity index is 2.24. The maximum Gasteiger partial charge on any atom is 0.116 e. The molecule has 0 spiro atoms. The highest BCUT2D eigenvalue weighted by atomic mass is 15.0. The number of rotatable bonds is 3. The lowest BCUT2D eigenvalue weighted by Crippen LogP contribution is -2.03. The van der Waals surface area contributed by atoms with Crippen LogP contribution in [0.2, 0.25) is 0 Å². The Morgan fingerprint density at radius 3 is 2.94 bits per heavy atom. The van der Waals surface area contributed by atoms with Crippen LogP contribution in [0.3, 0.4) is 0 Å². The largest absolute Gasteiger partial charge is 0.330 e. The second kappa shape index (κ2) is 3.59. The van der Waals surface area contributed by atoms with Crippen molar-refractivity contribution in [2.75, 3.05) is 6.54 Å². The number of nitrogens with zero attached hydrogens (tertiary/aromatic N) is 2. The van der Waals surface area contributed by atoms with E-state index in [4.69, 9.17) is 10.7 Å². The number of fused-ring (bicyclic) bond motifs is 1. The molecular formula is C13H17N3. The van der Waals surface area contributed by atoms with Crippen molar-refractivity contribution in [3.63, 3.8) is 0 Å². The second-order valence-electron chi connectivity index (χ2n) is 4.62. The normalized spacial score (nSPS) is 15.9. The average Bonchev–Trinajstić information content (AvgIpc) is 3.04. The van der Waals surface area contributed by atoms with Crippen LogP contribution in [0.4, 0.5) is 0 Å². The smallest absolute Gasteiger partial charge is 0.116 e. The van der Waals surface area contributed by atoms with Gasteiger partial charge in [-0.05, 0) is 38.4 Å². The summed E-state index contributed by atoms with van der Waals surface area (Å²) < 4.78 is 2.31. The number of hydrogen-bond donors (Lipinski definition) is 1. The number of hydrogen-bond acceptors (Lipinski definition) is 2. The van der Waals surface area contributed by atoms with Crippen molar-refractivity contribution >= 4 is 5.52 Å². The van der Waals surface area contributed by atoms with Crippen molar-refractivity contribution in [2.45, 2.75) is 32.1 Å². The zero-order chi connectivity index (χ0) is 11.1. The van der Waals surface area contributed by atoms with Crippen molar-refractivity contribution in [1.82, 2.24) is 9.38 Å². The lowest BCUT2D eigenvalue weighted by Gasteiger charge is -2.03. The van der Waals surface area contributed by atoms with Gasteiger partial charge in [-0.3, -0.25) is 0 Å². The summed E-state index contributed by atoms with van der Waals surface area (Å²) in [5.41, 5.74) is 9.32. The van der Waals surface area contributed by atoms with Crippen LogP contribution in [-0.4, -0.2) is 15.9 Å². The van der Waals surface area contributed by atoms with Gasteiger partial charge in [0.05, 0.1) is 11.2 Å². The molecule has 0 aromatic carbocycles. The second-order valence-corrected chi connectivity index (χ2v) is 4.62. The number of aryl methyl sites for hydroxylation is 1. The van der Waals surface area contributed by atoms with Crippen LogP contribution in [0.1, 0.15) is 36.0 Å². The van der Waals surface area contributed by atoms with E-state index in [2.05, 4.69) is 29.5 Å². The predicted octanol–water partition coefficient (Wildman–Crippen LogP) is 2.02. The molecule has 1 fully saturated rings. The summed E-state index contributed by atoms with van der Waals surface area (Å²) in [6.07, 6.45) is 3.45. The molecule has 1 aliphatic rings. The Hall–Kier alpha value is -1.35. The van der Waals surface area contributed by atoms with Gasteiger partial charge in [0.15, 0.2) is 0 Å². The molecule has 0 amide bonds. The van der Waals surface area contributed by atoms with Crippen LogP contribution < -0.4 is 5.73 Å². The third-order valence-corrected chi connectivity index (χ3v) is 3.28. The molecule has 1 saturated carbocycles. The predicted molar refractivity (Wildman–Crippen MR) is 64.7 cm³/mol. The van der Waals surface area contributed by atoms with Crippen molar-refractivity contribution in [3.8, 4) is 0 Å². The van der Waals surface area contributed by atoms with Gasteiger partial charge in [0.1, 0.15) is 5.82 Å². The summed E-state index contributed by atoms with van der Waals surface area (Å²) in [7, 11) is 0. The van der Waals surface area contributed by atoms with Crippen molar-refractivity contribution in [2.24, 2.45) is 5.73 Å². The van der Waals surface area contributed by atoms with Gasteiger partial charge in [-0.15, -0.1) is 0 Å². The molecule has 2 aromatic rings. The zero-order valence-electron chi connectivity index (χ0n) is 9.61. The van der Waals surface area contributed by atoms with E-state index in [-0.39, 0.29) is 0 Å². The molecule has 2 heterocycles. The van der Waals surface area contributed by atoms with Gasteiger partial charge in [0.2, 0.25) is 0 Å². The highest BCUT2D eigenvalue weighted by molar-refractivity contribution is 5.55.